The van der Waals surface area contributed by atoms with Crippen molar-refractivity contribution in [1.82, 2.24) is 10.3 Å². The van der Waals surface area contributed by atoms with E-state index in [-0.39, 0.29) is 0 Å². The molecule has 0 spiro atoms. The van der Waals surface area contributed by atoms with Crippen LogP contribution in [0.15, 0.2) is 23.7 Å². The Bertz CT molecular complexity index is 490. The van der Waals surface area contributed by atoms with Crippen LogP contribution in [0.2, 0.25) is 0 Å². The van der Waals surface area contributed by atoms with Gasteiger partial charge in [0.1, 0.15) is 5.01 Å². The Balaban J connectivity index is 2.45. The van der Waals surface area contributed by atoms with E-state index in [4.69, 9.17) is 0 Å². The lowest BCUT2D eigenvalue weighted by Crippen LogP contribution is -2.18. The molecule has 90 valence electrons. The van der Waals surface area contributed by atoms with E-state index >= 15 is 0 Å². The Morgan fingerprint density at radius 3 is 2.35 bits per heavy atom. The Morgan fingerprint density at radius 2 is 1.88 bits per heavy atom. The SMILES string of the molecule is CNC(c1cc(F)c(F)c(F)c1)c1nccs1. The molecule has 1 aromatic heterocycles. The van der Waals surface area contributed by atoms with Crippen LogP contribution in [0.1, 0.15) is 16.6 Å². The van der Waals surface area contributed by atoms with Crippen LogP contribution in [-0.4, -0.2) is 12.0 Å². The summed E-state index contributed by atoms with van der Waals surface area (Å²) in [5.74, 6) is -3.85. The molecule has 0 aliphatic heterocycles. The van der Waals surface area contributed by atoms with E-state index in [1.165, 1.54) is 11.3 Å². The molecule has 0 saturated heterocycles. The Kier molecular flexibility index (Phi) is 3.44. The fourth-order valence-corrected chi connectivity index (χ4v) is 2.32. The molecule has 2 rings (SSSR count). The fourth-order valence-electron chi connectivity index (χ4n) is 1.55. The average molecular weight is 258 g/mol. The van der Waals surface area contributed by atoms with Gasteiger partial charge in [-0.1, -0.05) is 0 Å². The number of aromatic nitrogens is 1. The molecule has 6 heteroatoms. The molecule has 0 bridgehead atoms. The van der Waals surface area contributed by atoms with Crippen LogP contribution in [0.3, 0.4) is 0 Å². The lowest BCUT2D eigenvalue weighted by Gasteiger charge is -2.14. The van der Waals surface area contributed by atoms with Crippen LogP contribution in [0.25, 0.3) is 0 Å². The second-order valence-electron chi connectivity index (χ2n) is 3.39. The number of hydrogen-bond donors (Lipinski definition) is 1. The van der Waals surface area contributed by atoms with Crippen molar-refractivity contribution in [1.29, 1.82) is 0 Å². The maximum absolute atomic E-state index is 13.1. The molecular weight excluding hydrogens is 249 g/mol. The van der Waals surface area contributed by atoms with Crippen LogP contribution in [0, 0.1) is 17.5 Å². The van der Waals surface area contributed by atoms with E-state index in [1.54, 1.807) is 18.6 Å². The zero-order valence-corrected chi connectivity index (χ0v) is 9.69. The Hall–Kier alpha value is -1.40. The van der Waals surface area contributed by atoms with Crippen molar-refractivity contribution in [2.45, 2.75) is 6.04 Å². The summed E-state index contributed by atoms with van der Waals surface area (Å²) in [5, 5.41) is 5.31. The minimum atomic E-state index is -1.46. The maximum atomic E-state index is 13.1. The van der Waals surface area contributed by atoms with Gasteiger partial charge in [0.25, 0.3) is 0 Å². The van der Waals surface area contributed by atoms with Gasteiger partial charge in [-0.25, -0.2) is 18.2 Å². The molecule has 0 aliphatic rings. The lowest BCUT2D eigenvalue weighted by molar-refractivity contribution is 0.443. The van der Waals surface area contributed by atoms with Gasteiger partial charge in [-0.3, -0.25) is 0 Å². The zero-order chi connectivity index (χ0) is 12.4. The summed E-state index contributed by atoms with van der Waals surface area (Å²) in [5.41, 5.74) is 0.304. The molecule has 1 atom stereocenters. The van der Waals surface area contributed by atoms with Gasteiger partial charge in [0.15, 0.2) is 17.5 Å². The number of rotatable bonds is 3. The highest BCUT2D eigenvalue weighted by atomic mass is 32.1. The number of nitrogens with zero attached hydrogens (tertiary/aromatic N) is 1. The highest BCUT2D eigenvalue weighted by Crippen LogP contribution is 2.25. The predicted molar refractivity (Wildman–Crippen MR) is 59.3 cm³/mol. The summed E-state index contributed by atoms with van der Waals surface area (Å²) in [7, 11) is 1.64. The van der Waals surface area contributed by atoms with Crippen LogP contribution < -0.4 is 5.32 Å². The van der Waals surface area contributed by atoms with Gasteiger partial charge >= 0.3 is 0 Å². The van der Waals surface area contributed by atoms with E-state index in [1.807, 2.05) is 0 Å². The highest BCUT2D eigenvalue weighted by molar-refractivity contribution is 7.09. The second-order valence-corrected chi connectivity index (χ2v) is 4.32. The smallest absolute Gasteiger partial charge is 0.194 e. The Morgan fingerprint density at radius 1 is 1.24 bits per heavy atom. The third kappa shape index (κ3) is 2.32. The molecule has 0 amide bonds. The van der Waals surface area contributed by atoms with Crippen LogP contribution in [0.4, 0.5) is 13.2 Å². The number of halogens is 3. The van der Waals surface area contributed by atoms with Crippen LogP contribution in [-0.2, 0) is 0 Å². The molecule has 1 aromatic carbocycles. The van der Waals surface area contributed by atoms with Gasteiger partial charge in [0.2, 0.25) is 0 Å². The van der Waals surface area contributed by atoms with Gasteiger partial charge in [-0.05, 0) is 24.7 Å². The first-order valence-corrected chi connectivity index (χ1v) is 5.72. The summed E-state index contributed by atoms with van der Waals surface area (Å²) >= 11 is 1.35. The van der Waals surface area contributed by atoms with Gasteiger partial charge in [0.05, 0.1) is 6.04 Å². The minimum Gasteiger partial charge on any atom is -0.307 e. The van der Waals surface area contributed by atoms with E-state index in [0.717, 1.165) is 12.1 Å². The molecule has 0 fully saturated rings. The molecule has 1 heterocycles. The molecular formula is C11H9F3N2S. The van der Waals surface area contributed by atoms with E-state index in [2.05, 4.69) is 10.3 Å². The molecule has 0 radical (unpaired) electrons. The van der Waals surface area contributed by atoms with Crippen molar-refractivity contribution in [3.63, 3.8) is 0 Å². The topological polar surface area (TPSA) is 24.9 Å². The number of hydrogen-bond acceptors (Lipinski definition) is 3. The van der Waals surface area contributed by atoms with Crippen molar-refractivity contribution >= 4 is 11.3 Å². The third-order valence-corrected chi connectivity index (χ3v) is 3.17. The summed E-state index contributed by atoms with van der Waals surface area (Å²) in [6.07, 6.45) is 1.60. The first-order valence-electron chi connectivity index (χ1n) is 4.84. The number of thiazole rings is 1. The third-order valence-electron chi connectivity index (χ3n) is 2.33. The summed E-state index contributed by atoms with van der Waals surface area (Å²) in [6.45, 7) is 0. The van der Waals surface area contributed by atoms with Gasteiger partial charge in [-0.2, -0.15) is 0 Å². The largest absolute Gasteiger partial charge is 0.307 e. The predicted octanol–water partition coefficient (Wildman–Crippen LogP) is 2.87. The van der Waals surface area contributed by atoms with E-state index in [9.17, 15) is 13.2 Å². The highest BCUT2D eigenvalue weighted by Gasteiger charge is 2.19. The number of benzene rings is 1. The lowest BCUT2D eigenvalue weighted by atomic mass is 10.1. The van der Waals surface area contributed by atoms with Crippen molar-refractivity contribution in [2.24, 2.45) is 0 Å². The van der Waals surface area contributed by atoms with Crippen LogP contribution >= 0.6 is 11.3 Å². The van der Waals surface area contributed by atoms with Gasteiger partial charge < -0.3 is 5.32 Å². The van der Waals surface area contributed by atoms with Gasteiger partial charge in [0, 0.05) is 11.6 Å². The average Bonchev–Trinajstić information content (AvgIpc) is 2.80. The summed E-state index contributed by atoms with van der Waals surface area (Å²) in [4.78, 5) is 4.06. The first kappa shape index (κ1) is 12.1. The standard InChI is InChI=1S/C11H9F3N2S/c1-15-10(11-16-2-3-17-11)6-4-7(12)9(14)8(13)5-6/h2-5,10,15H,1H3. The van der Waals surface area contributed by atoms with Crippen molar-refractivity contribution in [3.05, 3.63) is 51.7 Å². The normalized spacial score (nSPS) is 12.7. The molecule has 1 N–H and O–H groups in total. The van der Waals surface area contributed by atoms with Crippen molar-refractivity contribution in [3.8, 4) is 0 Å². The zero-order valence-electron chi connectivity index (χ0n) is 8.88. The fraction of sp³-hybridized carbons (Fsp3) is 0.182. The Labute approximate surface area is 100 Å². The monoisotopic (exact) mass is 258 g/mol. The summed E-state index contributed by atoms with van der Waals surface area (Å²) in [6, 6.07) is 1.50. The minimum absolute atomic E-state index is 0.304. The quantitative estimate of drug-likeness (QED) is 0.856. The molecule has 1 unspecified atom stereocenters. The van der Waals surface area contributed by atoms with E-state index in [0.29, 0.717) is 10.6 Å². The maximum Gasteiger partial charge on any atom is 0.194 e. The first-order chi connectivity index (χ1) is 8.13. The molecule has 2 aromatic rings. The van der Waals surface area contributed by atoms with Crippen LogP contribution in [0.5, 0.6) is 0 Å². The van der Waals surface area contributed by atoms with E-state index < -0.39 is 23.5 Å². The number of nitrogens with one attached hydrogen (secondary N) is 1. The molecule has 0 saturated carbocycles. The van der Waals surface area contributed by atoms with Crippen molar-refractivity contribution in [2.75, 3.05) is 7.05 Å². The molecule has 17 heavy (non-hydrogen) atoms. The van der Waals surface area contributed by atoms with Gasteiger partial charge in [-0.15, -0.1) is 11.3 Å². The van der Waals surface area contributed by atoms with Crippen molar-refractivity contribution < 1.29 is 13.2 Å². The molecule has 0 aliphatic carbocycles. The summed E-state index contributed by atoms with van der Waals surface area (Å²) < 4.78 is 39.1. The second kappa shape index (κ2) is 4.85. The molecule has 2 nitrogen and oxygen atoms in total.